The first-order valence-corrected chi connectivity index (χ1v) is 9.30. The van der Waals surface area contributed by atoms with Crippen molar-refractivity contribution in [3.63, 3.8) is 0 Å². The molecule has 26 heavy (non-hydrogen) atoms. The molecule has 0 saturated carbocycles. The summed E-state index contributed by atoms with van der Waals surface area (Å²) in [5.41, 5.74) is 7.43. The number of nitrogens with zero attached hydrogens (tertiary/aromatic N) is 3. The quantitative estimate of drug-likeness (QED) is 0.679. The molecule has 0 spiro atoms. The van der Waals surface area contributed by atoms with Gasteiger partial charge in [0.25, 0.3) is 10.0 Å². The lowest BCUT2D eigenvalue weighted by Crippen LogP contribution is -2.13. The van der Waals surface area contributed by atoms with Crippen LogP contribution in [0.4, 0.5) is 11.4 Å². The van der Waals surface area contributed by atoms with Crippen LogP contribution in [0.2, 0.25) is 0 Å². The Morgan fingerprint density at radius 1 is 1.15 bits per heavy atom. The minimum atomic E-state index is -3.75. The van der Waals surface area contributed by atoms with Gasteiger partial charge in [-0.05, 0) is 36.4 Å². The van der Waals surface area contributed by atoms with Gasteiger partial charge in [-0.3, -0.25) is 4.72 Å². The molecule has 0 aliphatic rings. The van der Waals surface area contributed by atoms with Crippen molar-refractivity contribution in [1.82, 2.24) is 10.1 Å². The second kappa shape index (κ2) is 7.14. The highest BCUT2D eigenvalue weighted by Crippen LogP contribution is 2.23. The molecular formula is C17H19N5O3S. The monoisotopic (exact) mass is 373 g/mol. The van der Waals surface area contributed by atoms with Gasteiger partial charge in [0.1, 0.15) is 0 Å². The van der Waals surface area contributed by atoms with Crippen molar-refractivity contribution in [3.8, 4) is 11.4 Å². The Bertz CT molecular complexity index is 997. The van der Waals surface area contributed by atoms with Gasteiger partial charge in [-0.25, -0.2) is 8.42 Å². The third-order valence-electron chi connectivity index (χ3n) is 3.68. The molecule has 0 saturated heterocycles. The fourth-order valence-corrected chi connectivity index (χ4v) is 3.40. The van der Waals surface area contributed by atoms with Crippen LogP contribution in [0, 0.1) is 0 Å². The molecule has 8 nitrogen and oxygen atoms in total. The number of sulfonamides is 1. The zero-order chi connectivity index (χ0) is 18.7. The van der Waals surface area contributed by atoms with Crippen molar-refractivity contribution in [1.29, 1.82) is 0 Å². The molecule has 0 aliphatic heterocycles. The lowest BCUT2D eigenvalue weighted by molar-refractivity contribution is 0.380. The molecule has 3 aromatic rings. The number of hydrogen-bond donors (Lipinski definition) is 2. The van der Waals surface area contributed by atoms with Crippen molar-refractivity contribution in [3.05, 3.63) is 54.4 Å². The second-order valence-corrected chi connectivity index (χ2v) is 7.47. The molecular weight excluding hydrogens is 354 g/mol. The van der Waals surface area contributed by atoms with Gasteiger partial charge in [0.15, 0.2) is 0 Å². The van der Waals surface area contributed by atoms with Crippen molar-refractivity contribution >= 4 is 21.4 Å². The molecule has 0 aliphatic carbocycles. The second-order valence-electron chi connectivity index (χ2n) is 5.79. The zero-order valence-corrected chi connectivity index (χ0v) is 15.2. The third kappa shape index (κ3) is 3.84. The molecule has 2 aromatic carbocycles. The van der Waals surface area contributed by atoms with E-state index in [-0.39, 0.29) is 23.2 Å². The van der Waals surface area contributed by atoms with Crippen LogP contribution in [0.5, 0.6) is 0 Å². The van der Waals surface area contributed by atoms with Crippen LogP contribution >= 0.6 is 0 Å². The zero-order valence-electron chi connectivity index (χ0n) is 14.4. The Labute approximate surface area is 151 Å². The van der Waals surface area contributed by atoms with Crippen molar-refractivity contribution < 1.29 is 12.9 Å². The molecule has 0 unspecified atom stereocenters. The van der Waals surface area contributed by atoms with Gasteiger partial charge >= 0.3 is 0 Å². The number of aromatic nitrogens is 2. The molecule has 0 atom stereocenters. The Morgan fingerprint density at radius 2 is 1.88 bits per heavy atom. The Balaban J connectivity index is 1.86. The van der Waals surface area contributed by atoms with Crippen LogP contribution in [-0.2, 0) is 16.6 Å². The van der Waals surface area contributed by atoms with E-state index in [2.05, 4.69) is 14.9 Å². The average Bonchev–Trinajstić information content (AvgIpc) is 3.11. The molecule has 0 amide bonds. The lowest BCUT2D eigenvalue weighted by atomic mass is 10.2. The number of anilines is 2. The summed E-state index contributed by atoms with van der Waals surface area (Å²) in [4.78, 5) is 6.15. The number of nitrogens with two attached hydrogens (primary N) is 1. The number of hydrogen-bond acceptors (Lipinski definition) is 7. The predicted molar refractivity (Wildman–Crippen MR) is 99.2 cm³/mol. The van der Waals surface area contributed by atoms with E-state index < -0.39 is 10.0 Å². The van der Waals surface area contributed by atoms with Crippen LogP contribution in [0.3, 0.4) is 0 Å². The maximum atomic E-state index is 12.7. The van der Waals surface area contributed by atoms with Crippen LogP contribution in [0.25, 0.3) is 11.4 Å². The summed E-state index contributed by atoms with van der Waals surface area (Å²) >= 11 is 0. The van der Waals surface area contributed by atoms with E-state index in [0.29, 0.717) is 11.3 Å². The largest absolute Gasteiger partial charge is 0.378 e. The first kappa shape index (κ1) is 17.9. The fourth-order valence-electron chi connectivity index (χ4n) is 2.30. The SMILES string of the molecule is CN(C)c1ccc(NS(=O)(=O)c2cccc(-c3noc(CN)n3)c2)cc1. The molecule has 0 radical (unpaired) electrons. The van der Waals surface area contributed by atoms with Crippen molar-refractivity contribution in [2.24, 2.45) is 5.73 Å². The van der Waals surface area contributed by atoms with E-state index in [9.17, 15) is 8.42 Å². The third-order valence-corrected chi connectivity index (χ3v) is 5.06. The molecule has 0 fully saturated rings. The van der Waals surface area contributed by atoms with Gasteiger partial charge in [-0.15, -0.1) is 0 Å². The standard InChI is InChI=1S/C17H19N5O3S/c1-22(2)14-8-6-13(7-9-14)21-26(23,24)15-5-3-4-12(10-15)17-19-16(11-18)25-20-17/h3-10,21H,11,18H2,1-2H3. The van der Waals surface area contributed by atoms with Gasteiger partial charge in [0.2, 0.25) is 11.7 Å². The summed E-state index contributed by atoms with van der Waals surface area (Å²) in [6.07, 6.45) is 0. The molecule has 1 heterocycles. The summed E-state index contributed by atoms with van der Waals surface area (Å²) in [6.45, 7) is 0.121. The number of nitrogens with one attached hydrogen (secondary N) is 1. The molecule has 0 bridgehead atoms. The topological polar surface area (TPSA) is 114 Å². The summed E-state index contributed by atoms with van der Waals surface area (Å²) in [5, 5.41) is 3.80. The van der Waals surface area contributed by atoms with E-state index in [4.69, 9.17) is 10.3 Å². The van der Waals surface area contributed by atoms with Gasteiger partial charge in [-0.2, -0.15) is 4.98 Å². The minimum absolute atomic E-state index is 0.103. The molecule has 3 rings (SSSR count). The summed E-state index contributed by atoms with van der Waals surface area (Å²) < 4.78 is 32.8. The van der Waals surface area contributed by atoms with Gasteiger partial charge in [-0.1, -0.05) is 17.3 Å². The van der Waals surface area contributed by atoms with Crippen LogP contribution < -0.4 is 15.4 Å². The maximum absolute atomic E-state index is 12.7. The summed E-state index contributed by atoms with van der Waals surface area (Å²) in [7, 11) is 0.0806. The predicted octanol–water partition coefficient (Wildman–Crippen LogP) is 2.06. The normalized spacial score (nSPS) is 11.3. The van der Waals surface area contributed by atoms with Crippen molar-refractivity contribution in [2.75, 3.05) is 23.7 Å². The molecule has 3 N–H and O–H groups in total. The highest BCUT2D eigenvalue weighted by atomic mass is 32.2. The van der Waals surface area contributed by atoms with Crippen LogP contribution in [0.1, 0.15) is 5.89 Å². The maximum Gasteiger partial charge on any atom is 0.261 e. The lowest BCUT2D eigenvalue weighted by Gasteiger charge is -2.13. The Morgan fingerprint density at radius 3 is 2.50 bits per heavy atom. The van der Waals surface area contributed by atoms with E-state index in [0.717, 1.165) is 5.69 Å². The van der Waals surface area contributed by atoms with Gasteiger partial charge < -0.3 is 15.2 Å². The van der Waals surface area contributed by atoms with Crippen LogP contribution in [-0.4, -0.2) is 32.7 Å². The van der Waals surface area contributed by atoms with E-state index in [1.165, 1.54) is 12.1 Å². The smallest absolute Gasteiger partial charge is 0.261 e. The van der Waals surface area contributed by atoms with Gasteiger partial charge in [0, 0.05) is 31.0 Å². The van der Waals surface area contributed by atoms with Gasteiger partial charge in [0.05, 0.1) is 11.4 Å². The first-order chi connectivity index (χ1) is 12.4. The number of rotatable bonds is 6. The number of benzene rings is 2. The molecule has 9 heteroatoms. The van der Waals surface area contributed by atoms with E-state index >= 15 is 0 Å². The fraction of sp³-hybridized carbons (Fsp3) is 0.176. The Kier molecular flexibility index (Phi) is 4.92. The summed E-state index contributed by atoms with van der Waals surface area (Å²) in [5.74, 6) is 0.574. The first-order valence-electron chi connectivity index (χ1n) is 7.82. The highest BCUT2D eigenvalue weighted by molar-refractivity contribution is 7.92. The van der Waals surface area contributed by atoms with E-state index in [1.54, 1.807) is 24.3 Å². The average molecular weight is 373 g/mol. The Hall–Kier alpha value is -2.91. The molecule has 1 aromatic heterocycles. The van der Waals surface area contributed by atoms with E-state index in [1.807, 2.05) is 31.1 Å². The highest BCUT2D eigenvalue weighted by Gasteiger charge is 2.17. The van der Waals surface area contributed by atoms with Crippen molar-refractivity contribution in [2.45, 2.75) is 11.4 Å². The summed E-state index contributed by atoms with van der Waals surface area (Å²) in [6, 6.07) is 13.4. The van der Waals surface area contributed by atoms with Crippen LogP contribution in [0.15, 0.2) is 57.9 Å². The molecule has 136 valence electrons. The minimum Gasteiger partial charge on any atom is -0.378 e.